The minimum Gasteiger partial charge on any atom is -0.342 e. The van der Waals surface area contributed by atoms with Gasteiger partial charge in [0.15, 0.2) is 0 Å². The summed E-state index contributed by atoms with van der Waals surface area (Å²) >= 11 is 0. The van der Waals surface area contributed by atoms with Gasteiger partial charge in [0.1, 0.15) is 0 Å². The average Bonchev–Trinajstić information content (AvgIpc) is 2.07. The maximum atomic E-state index is 11.8. The number of piperazine rings is 1. The van der Waals surface area contributed by atoms with Crippen LogP contribution in [0, 0.1) is 5.41 Å². The zero-order valence-corrected chi connectivity index (χ0v) is 9.33. The fourth-order valence-corrected chi connectivity index (χ4v) is 1.41. The lowest BCUT2D eigenvalue weighted by molar-refractivity contribution is -0.149. The van der Waals surface area contributed by atoms with Gasteiger partial charge in [-0.1, -0.05) is 20.8 Å². The fraction of sp³-hybridized carbons (Fsp3) is 0.800. The molecule has 0 unspecified atom stereocenters. The quantitative estimate of drug-likeness (QED) is 0.563. The van der Waals surface area contributed by atoms with Crippen molar-refractivity contribution >= 4 is 11.8 Å². The first-order valence-electron chi connectivity index (χ1n) is 4.85. The Kier molecular flexibility index (Phi) is 2.83. The molecule has 0 aliphatic carbocycles. The van der Waals surface area contributed by atoms with E-state index in [1.807, 2.05) is 20.8 Å². The summed E-state index contributed by atoms with van der Waals surface area (Å²) in [7, 11) is 1.77. The fourth-order valence-electron chi connectivity index (χ4n) is 1.41. The first-order chi connectivity index (χ1) is 6.32. The van der Waals surface area contributed by atoms with Gasteiger partial charge >= 0.3 is 0 Å². The highest BCUT2D eigenvalue weighted by atomic mass is 16.2. The number of hydrogen-bond donors (Lipinski definition) is 0. The Morgan fingerprint density at radius 2 is 1.86 bits per heavy atom. The van der Waals surface area contributed by atoms with E-state index in [0.717, 1.165) is 0 Å². The number of rotatable bonds is 0. The van der Waals surface area contributed by atoms with Gasteiger partial charge in [0.2, 0.25) is 11.8 Å². The predicted molar refractivity (Wildman–Crippen MR) is 53.7 cm³/mol. The normalized spacial score (nSPS) is 18.7. The molecule has 4 heteroatoms. The minimum atomic E-state index is -0.393. The maximum absolute atomic E-state index is 11.8. The van der Waals surface area contributed by atoms with Crippen molar-refractivity contribution in [3.8, 4) is 0 Å². The number of amides is 2. The van der Waals surface area contributed by atoms with Crippen molar-refractivity contribution in [3.63, 3.8) is 0 Å². The Labute approximate surface area is 84.9 Å². The van der Waals surface area contributed by atoms with Crippen LogP contribution in [0.1, 0.15) is 20.8 Å². The van der Waals surface area contributed by atoms with E-state index in [1.54, 1.807) is 16.8 Å². The number of carbonyl (C=O) groups excluding carboxylic acids is 2. The Morgan fingerprint density at radius 3 is 2.29 bits per heavy atom. The zero-order valence-electron chi connectivity index (χ0n) is 9.33. The average molecular weight is 198 g/mol. The van der Waals surface area contributed by atoms with Crippen LogP contribution in [0.25, 0.3) is 0 Å². The van der Waals surface area contributed by atoms with Crippen molar-refractivity contribution in [2.75, 3.05) is 26.7 Å². The van der Waals surface area contributed by atoms with E-state index in [4.69, 9.17) is 0 Å². The van der Waals surface area contributed by atoms with Crippen LogP contribution in [0.2, 0.25) is 0 Å². The maximum Gasteiger partial charge on any atom is 0.241 e. The number of hydrogen-bond acceptors (Lipinski definition) is 2. The van der Waals surface area contributed by atoms with Gasteiger partial charge in [0.05, 0.1) is 6.54 Å². The molecule has 0 aromatic rings. The molecule has 0 N–H and O–H groups in total. The van der Waals surface area contributed by atoms with Crippen LogP contribution in [-0.4, -0.2) is 48.3 Å². The van der Waals surface area contributed by atoms with Crippen LogP contribution in [-0.2, 0) is 9.59 Å². The second-order valence-corrected chi connectivity index (χ2v) is 4.79. The van der Waals surface area contributed by atoms with Crippen molar-refractivity contribution in [1.82, 2.24) is 9.80 Å². The van der Waals surface area contributed by atoms with Crippen LogP contribution < -0.4 is 0 Å². The lowest BCUT2D eigenvalue weighted by Gasteiger charge is -2.35. The van der Waals surface area contributed by atoms with E-state index in [0.29, 0.717) is 13.1 Å². The summed E-state index contributed by atoms with van der Waals surface area (Å²) in [5, 5.41) is 0. The molecular weight excluding hydrogens is 180 g/mol. The largest absolute Gasteiger partial charge is 0.342 e. The third-order valence-electron chi connectivity index (χ3n) is 2.39. The summed E-state index contributed by atoms with van der Waals surface area (Å²) in [4.78, 5) is 26.5. The van der Waals surface area contributed by atoms with E-state index < -0.39 is 5.41 Å². The van der Waals surface area contributed by atoms with Crippen molar-refractivity contribution in [2.45, 2.75) is 20.8 Å². The second-order valence-electron chi connectivity index (χ2n) is 4.79. The van der Waals surface area contributed by atoms with Crippen molar-refractivity contribution < 1.29 is 9.59 Å². The van der Waals surface area contributed by atoms with Crippen molar-refractivity contribution in [3.05, 3.63) is 0 Å². The molecule has 0 spiro atoms. The second kappa shape index (κ2) is 3.59. The molecule has 0 saturated carbocycles. The van der Waals surface area contributed by atoms with Gasteiger partial charge in [-0.2, -0.15) is 0 Å². The van der Waals surface area contributed by atoms with E-state index in [9.17, 15) is 9.59 Å². The van der Waals surface area contributed by atoms with Crippen molar-refractivity contribution in [2.24, 2.45) is 5.41 Å². The highest BCUT2D eigenvalue weighted by molar-refractivity contribution is 5.88. The molecule has 0 atom stereocenters. The molecule has 1 heterocycles. The highest BCUT2D eigenvalue weighted by Gasteiger charge is 2.31. The third-order valence-corrected chi connectivity index (χ3v) is 2.39. The summed E-state index contributed by atoms with van der Waals surface area (Å²) < 4.78 is 0. The third kappa shape index (κ3) is 2.25. The predicted octanol–water partition coefficient (Wildman–Crippen LogP) is 0.333. The van der Waals surface area contributed by atoms with Crippen LogP contribution in [0.4, 0.5) is 0 Å². The molecule has 0 aromatic heterocycles. The summed E-state index contributed by atoms with van der Waals surface area (Å²) in [6.07, 6.45) is 0. The van der Waals surface area contributed by atoms with Gasteiger partial charge in [-0.25, -0.2) is 0 Å². The molecular formula is C10H18N2O2. The first kappa shape index (κ1) is 11.0. The molecule has 0 radical (unpaired) electrons. The molecule has 1 saturated heterocycles. The molecule has 1 rings (SSSR count). The van der Waals surface area contributed by atoms with Gasteiger partial charge in [0.25, 0.3) is 0 Å². The van der Waals surface area contributed by atoms with E-state index in [-0.39, 0.29) is 18.4 Å². The molecule has 0 bridgehead atoms. The standard InChI is InChI=1S/C10H18N2O2/c1-10(2,3)9(14)12-6-5-11(4)8(13)7-12/h5-7H2,1-4H3. The zero-order chi connectivity index (χ0) is 10.9. The summed E-state index contributed by atoms with van der Waals surface area (Å²) in [6, 6.07) is 0. The van der Waals surface area contributed by atoms with Gasteiger partial charge < -0.3 is 9.80 Å². The SMILES string of the molecule is CN1CCN(C(=O)C(C)(C)C)CC1=O. The molecule has 1 fully saturated rings. The van der Waals surface area contributed by atoms with Crippen LogP contribution in [0.5, 0.6) is 0 Å². The molecule has 80 valence electrons. The smallest absolute Gasteiger partial charge is 0.241 e. The molecule has 0 aromatic carbocycles. The van der Waals surface area contributed by atoms with E-state index in [2.05, 4.69) is 0 Å². The van der Waals surface area contributed by atoms with Gasteiger partial charge in [-0.15, -0.1) is 0 Å². The molecule has 4 nitrogen and oxygen atoms in total. The lowest BCUT2D eigenvalue weighted by Crippen LogP contribution is -2.53. The minimum absolute atomic E-state index is 0.0221. The Balaban J connectivity index is 2.64. The highest BCUT2D eigenvalue weighted by Crippen LogP contribution is 2.18. The molecule has 1 aliphatic heterocycles. The number of likely N-dealkylation sites (N-methyl/N-ethyl adjacent to an activating group) is 1. The first-order valence-corrected chi connectivity index (χ1v) is 4.85. The van der Waals surface area contributed by atoms with Gasteiger partial charge in [0, 0.05) is 25.6 Å². The Morgan fingerprint density at radius 1 is 1.29 bits per heavy atom. The van der Waals surface area contributed by atoms with Crippen LogP contribution in [0.15, 0.2) is 0 Å². The van der Waals surface area contributed by atoms with Gasteiger partial charge in [-0.05, 0) is 0 Å². The van der Waals surface area contributed by atoms with Gasteiger partial charge in [-0.3, -0.25) is 9.59 Å². The van der Waals surface area contributed by atoms with E-state index >= 15 is 0 Å². The summed E-state index contributed by atoms with van der Waals surface area (Å²) in [6.45, 7) is 7.14. The monoisotopic (exact) mass is 198 g/mol. The topological polar surface area (TPSA) is 40.6 Å². The summed E-state index contributed by atoms with van der Waals surface area (Å²) in [5.41, 5.74) is -0.393. The van der Waals surface area contributed by atoms with Crippen LogP contribution in [0.3, 0.4) is 0 Å². The molecule has 1 aliphatic rings. The van der Waals surface area contributed by atoms with Crippen LogP contribution >= 0.6 is 0 Å². The number of nitrogens with zero attached hydrogens (tertiary/aromatic N) is 2. The Hall–Kier alpha value is -1.06. The molecule has 2 amide bonds. The lowest BCUT2D eigenvalue weighted by atomic mass is 9.94. The van der Waals surface area contributed by atoms with Crippen molar-refractivity contribution in [1.29, 1.82) is 0 Å². The number of carbonyl (C=O) groups is 2. The summed E-state index contributed by atoms with van der Waals surface area (Å²) in [5.74, 6) is 0.0767. The Bertz CT molecular complexity index is 255. The van der Waals surface area contributed by atoms with E-state index in [1.165, 1.54) is 0 Å². The molecule has 14 heavy (non-hydrogen) atoms.